The summed E-state index contributed by atoms with van der Waals surface area (Å²) in [6, 6.07) is 0. The van der Waals surface area contributed by atoms with Crippen LogP contribution in [0.4, 0.5) is 0 Å². The van der Waals surface area contributed by atoms with E-state index in [1.165, 1.54) is 0 Å². The topological polar surface area (TPSA) is 55.2 Å². The summed E-state index contributed by atoms with van der Waals surface area (Å²) in [6.45, 7) is 12.8. The van der Waals surface area contributed by atoms with Gasteiger partial charge in [-0.2, -0.15) is 0 Å². The van der Waals surface area contributed by atoms with Crippen LogP contribution >= 0.6 is 0 Å². The highest BCUT2D eigenvalue weighted by Gasteiger charge is 2.26. The van der Waals surface area contributed by atoms with Crippen molar-refractivity contribution in [3.8, 4) is 0 Å². The maximum absolute atomic E-state index is 5.71. The van der Waals surface area contributed by atoms with Crippen LogP contribution in [0.5, 0.6) is 0 Å². The molecule has 19 heavy (non-hydrogen) atoms. The van der Waals surface area contributed by atoms with E-state index in [-0.39, 0.29) is 5.60 Å². The lowest BCUT2D eigenvalue weighted by atomic mass is 10.1. The number of rotatable bonds is 6. The Balaban J connectivity index is 1.77. The highest BCUT2D eigenvalue weighted by molar-refractivity contribution is 4.91. The zero-order valence-electron chi connectivity index (χ0n) is 12.2. The second-order valence-corrected chi connectivity index (χ2v) is 5.64. The predicted octanol–water partition coefficient (Wildman–Crippen LogP) is 0.498. The summed E-state index contributed by atoms with van der Waals surface area (Å²) in [5, 5.41) is 11.6. The van der Waals surface area contributed by atoms with Crippen molar-refractivity contribution >= 4 is 0 Å². The number of ether oxygens (including phenoxy) is 1. The van der Waals surface area contributed by atoms with E-state index >= 15 is 0 Å². The molecule has 108 valence electrons. The molecule has 1 aromatic rings. The van der Waals surface area contributed by atoms with Crippen molar-refractivity contribution in [1.82, 2.24) is 25.2 Å². The van der Waals surface area contributed by atoms with Crippen LogP contribution in [0.15, 0.2) is 6.20 Å². The lowest BCUT2D eigenvalue weighted by Gasteiger charge is -2.38. The first-order valence-electron chi connectivity index (χ1n) is 7.05. The van der Waals surface area contributed by atoms with Gasteiger partial charge in [-0.3, -0.25) is 9.58 Å². The normalized spacial score (nSPS) is 19.7. The molecule has 1 N–H and O–H groups in total. The Morgan fingerprint density at radius 2 is 2.26 bits per heavy atom. The fourth-order valence-corrected chi connectivity index (χ4v) is 2.33. The van der Waals surface area contributed by atoms with Crippen molar-refractivity contribution in [2.75, 3.05) is 32.8 Å². The van der Waals surface area contributed by atoms with E-state index in [1.807, 2.05) is 10.9 Å². The zero-order chi connectivity index (χ0) is 13.7. The highest BCUT2D eigenvalue weighted by atomic mass is 16.5. The van der Waals surface area contributed by atoms with Gasteiger partial charge in [0.1, 0.15) is 0 Å². The standard InChI is InChI=1S/C13H25N5O/c1-4-14-9-12-10-18(16-15-12)6-5-17-7-8-19-13(2,3)11-17/h10,14H,4-9,11H2,1-3H3. The van der Waals surface area contributed by atoms with Crippen molar-refractivity contribution in [2.45, 2.75) is 39.5 Å². The molecule has 0 unspecified atom stereocenters. The van der Waals surface area contributed by atoms with Gasteiger partial charge in [-0.05, 0) is 20.4 Å². The number of aromatic nitrogens is 3. The first-order valence-corrected chi connectivity index (χ1v) is 7.05. The van der Waals surface area contributed by atoms with Crippen LogP contribution in [0, 0.1) is 0 Å². The molecule has 6 nitrogen and oxygen atoms in total. The second kappa shape index (κ2) is 6.45. The lowest BCUT2D eigenvalue weighted by Crippen LogP contribution is -2.49. The van der Waals surface area contributed by atoms with Crippen LogP contribution in [-0.4, -0.2) is 58.3 Å². The van der Waals surface area contributed by atoms with Gasteiger partial charge in [0.15, 0.2) is 0 Å². The van der Waals surface area contributed by atoms with Crippen molar-refractivity contribution in [3.05, 3.63) is 11.9 Å². The molecular formula is C13H25N5O. The Morgan fingerprint density at radius 3 is 3.00 bits per heavy atom. The maximum Gasteiger partial charge on any atom is 0.0964 e. The van der Waals surface area contributed by atoms with Gasteiger partial charge in [-0.15, -0.1) is 5.10 Å². The van der Waals surface area contributed by atoms with Crippen molar-refractivity contribution in [1.29, 1.82) is 0 Å². The molecule has 2 rings (SSSR count). The van der Waals surface area contributed by atoms with Gasteiger partial charge in [0.2, 0.25) is 0 Å². The average Bonchev–Trinajstić information content (AvgIpc) is 2.81. The maximum atomic E-state index is 5.71. The predicted molar refractivity (Wildman–Crippen MR) is 73.9 cm³/mol. The number of nitrogens with zero attached hydrogens (tertiary/aromatic N) is 4. The molecule has 2 heterocycles. The molecule has 0 aromatic carbocycles. The molecule has 1 aliphatic rings. The summed E-state index contributed by atoms with van der Waals surface area (Å²) in [7, 11) is 0. The molecule has 0 radical (unpaired) electrons. The molecule has 1 fully saturated rings. The highest BCUT2D eigenvalue weighted by Crippen LogP contribution is 2.15. The molecule has 0 spiro atoms. The van der Waals surface area contributed by atoms with Crippen molar-refractivity contribution in [2.24, 2.45) is 0 Å². The van der Waals surface area contributed by atoms with Gasteiger partial charge in [0.25, 0.3) is 0 Å². The fourth-order valence-electron chi connectivity index (χ4n) is 2.33. The minimum Gasteiger partial charge on any atom is -0.373 e. The van der Waals surface area contributed by atoms with Crippen LogP contribution < -0.4 is 5.32 Å². The van der Waals surface area contributed by atoms with Gasteiger partial charge in [0.05, 0.1) is 24.4 Å². The number of hydrogen-bond acceptors (Lipinski definition) is 5. The summed E-state index contributed by atoms with van der Waals surface area (Å²) < 4.78 is 7.64. The summed E-state index contributed by atoms with van der Waals surface area (Å²) in [4.78, 5) is 2.43. The summed E-state index contributed by atoms with van der Waals surface area (Å²) >= 11 is 0. The Morgan fingerprint density at radius 1 is 1.42 bits per heavy atom. The largest absolute Gasteiger partial charge is 0.373 e. The van der Waals surface area contributed by atoms with Gasteiger partial charge < -0.3 is 10.1 Å². The summed E-state index contributed by atoms with van der Waals surface area (Å²) in [5.41, 5.74) is 0.973. The van der Waals surface area contributed by atoms with E-state index in [2.05, 4.69) is 41.3 Å². The van der Waals surface area contributed by atoms with E-state index in [9.17, 15) is 0 Å². The first kappa shape index (κ1) is 14.4. The van der Waals surface area contributed by atoms with Crippen molar-refractivity contribution < 1.29 is 4.74 Å². The summed E-state index contributed by atoms with van der Waals surface area (Å²) in [5.74, 6) is 0. The Kier molecular flexibility index (Phi) is 4.90. The van der Waals surface area contributed by atoms with Crippen molar-refractivity contribution in [3.63, 3.8) is 0 Å². The SMILES string of the molecule is CCNCc1cn(CCN2CCOC(C)(C)C2)nn1. The second-order valence-electron chi connectivity index (χ2n) is 5.64. The van der Waals surface area contributed by atoms with E-state index in [0.29, 0.717) is 0 Å². The Hall–Kier alpha value is -0.980. The zero-order valence-corrected chi connectivity index (χ0v) is 12.2. The quantitative estimate of drug-likeness (QED) is 0.813. The van der Waals surface area contributed by atoms with Gasteiger partial charge in [-0.1, -0.05) is 12.1 Å². The van der Waals surface area contributed by atoms with E-state index < -0.39 is 0 Å². The van der Waals surface area contributed by atoms with Crippen LogP contribution in [-0.2, 0) is 17.8 Å². The molecule has 0 bridgehead atoms. The molecule has 1 aliphatic heterocycles. The van der Waals surface area contributed by atoms with Crippen LogP contribution in [0.3, 0.4) is 0 Å². The molecule has 0 amide bonds. The van der Waals surface area contributed by atoms with Gasteiger partial charge >= 0.3 is 0 Å². The van der Waals surface area contributed by atoms with E-state index in [0.717, 1.165) is 51.6 Å². The monoisotopic (exact) mass is 267 g/mol. The third kappa shape index (κ3) is 4.56. The molecule has 1 saturated heterocycles. The Bertz CT molecular complexity index is 390. The van der Waals surface area contributed by atoms with E-state index in [4.69, 9.17) is 4.74 Å². The van der Waals surface area contributed by atoms with Crippen LogP contribution in [0.25, 0.3) is 0 Å². The molecule has 0 aliphatic carbocycles. The molecule has 1 aromatic heterocycles. The van der Waals surface area contributed by atoms with Crippen LogP contribution in [0.2, 0.25) is 0 Å². The molecule has 0 atom stereocenters. The fraction of sp³-hybridized carbons (Fsp3) is 0.846. The summed E-state index contributed by atoms with van der Waals surface area (Å²) in [6.07, 6.45) is 2.02. The Labute approximate surface area is 115 Å². The molecular weight excluding hydrogens is 242 g/mol. The molecule has 6 heteroatoms. The van der Waals surface area contributed by atoms with E-state index in [1.54, 1.807) is 0 Å². The number of hydrogen-bond donors (Lipinski definition) is 1. The number of nitrogens with one attached hydrogen (secondary N) is 1. The average molecular weight is 267 g/mol. The lowest BCUT2D eigenvalue weighted by molar-refractivity contribution is -0.0866. The smallest absolute Gasteiger partial charge is 0.0964 e. The third-order valence-corrected chi connectivity index (χ3v) is 3.29. The van der Waals surface area contributed by atoms with Crippen LogP contribution in [0.1, 0.15) is 26.5 Å². The van der Waals surface area contributed by atoms with Gasteiger partial charge in [0, 0.05) is 32.4 Å². The van der Waals surface area contributed by atoms with Gasteiger partial charge in [-0.25, -0.2) is 0 Å². The number of morpholine rings is 1. The molecule has 0 saturated carbocycles. The minimum absolute atomic E-state index is 0.0309. The first-order chi connectivity index (χ1) is 9.09. The minimum atomic E-state index is -0.0309. The third-order valence-electron chi connectivity index (χ3n) is 3.29.